The highest BCUT2D eigenvalue weighted by atomic mass is 16.4. The summed E-state index contributed by atoms with van der Waals surface area (Å²) >= 11 is 0. The Balaban J connectivity index is 1.52. The van der Waals surface area contributed by atoms with Crippen LogP contribution in [-0.2, 0) is 13.0 Å². The number of likely N-dealkylation sites (tertiary alicyclic amines) is 1. The Morgan fingerprint density at radius 1 is 1.07 bits per heavy atom. The summed E-state index contributed by atoms with van der Waals surface area (Å²) < 4.78 is 5.45. The molecule has 1 aliphatic heterocycles. The minimum atomic E-state index is -0.256. The van der Waals surface area contributed by atoms with Crippen molar-refractivity contribution in [3.8, 4) is 0 Å². The molecule has 3 aromatic rings. The molecule has 0 unspecified atom stereocenters. The predicted molar refractivity (Wildman–Crippen MR) is 111 cm³/mol. The van der Waals surface area contributed by atoms with E-state index in [9.17, 15) is 4.79 Å². The molecule has 2 aromatic carbocycles. The summed E-state index contributed by atoms with van der Waals surface area (Å²) in [4.78, 5) is 13.7. The number of hydrogen-bond acceptors (Lipinski definition) is 2. The standard InChI is InChI=1S/C24H28N2O2/c1-2-18-10-11-21-20(15-24(27)28-23(21)14-18)16-25-17-22(26-12-6-7-13-26)19-8-4-3-5-9-19/h3-5,8-11,14-15,22,25H,2,6-7,12-13,16-17H2,1H3/p+2/t22-/m1/s1. The number of quaternary nitrogens is 2. The third-order valence-electron chi connectivity index (χ3n) is 6.01. The van der Waals surface area contributed by atoms with Crippen LogP contribution in [-0.4, -0.2) is 19.6 Å². The van der Waals surface area contributed by atoms with E-state index in [0.29, 0.717) is 11.6 Å². The van der Waals surface area contributed by atoms with Crippen molar-refractivity contribution in [3.05, 3.63) is 81.7 Å². The molecule has 4 heteroatoms. The largest absolute Gasteiger partial charge is 0.423 e. The van der Waals surface area contributed by atoms with Crippen LogP contribution in [0.15, 0.2) is 63.8 Å². The first-order valence-corrected chi connectivity index (χ1v) is 10.5. The van der Waals surface area contributed by atoms with Gasteiger partial charge < -0.3 is 14.6 Å². The summed E-state index contributed by atoms with van der Waals surface area (Å²) in [5.41, 5.74) is 4.13. The zero-order chi connectivity index (χ0) is 19.3. The maximum atomic E-state index is 12.0. The van der Waals surface area contributed by atoms with Gasteiger partial charge in [-0.05, 0) is 18.1 Å². The van der Waals surface area contributed by atoms with E-state index < -0.39 is 0 Å². The van der Waals surface area contributed by atoms with E-state index in [1.807, 2.05) is 6.07 Å². The number of fused-ring (bicyclic) bond motifs is 1. The lowest BCUT2D eigenvalue weighted by molar-refractivity contribution is -0.935. The quantitative estimate of drug-likeness (QED) is 0.617. The molecule has 1 saturated heterocycles. The molecule has 0 radical (unpaired) electrons. The zero-order valence-corrected chi connectivity index (χ0v) is 16.6. The predicted octanol–water partition coefficient (Wildman–Crippen LogP) is 1.84. The van der Waals surface area contributed by atoms with Crippen molar-refractivity contribution in [1.29, 1.82) is 0 Å². The molecule has 0 aliphatic carbocycles. The fourth-order valence-corrected chi connectivity index (χ4v) is 4.47. The summed E-state index contributed by atoms with van der Waals surface area (Å²) in [5.74, 6) is 0. The molecule has 1 aromatic heterocycles. The summed E-state index contributed by atoms with van der Waals surface area (Å²) in [6.07, 6.45) is 3.58. The molecule has 1 aliphatic rings. The number of aryl methyl sites for hydroxylation is 1. The molecule has 3 N–H and O–H groups in total. The molecular weight excluding hydrogens is 348 g/mol. The lowest BCUT2D eigenvalue weighted by Crippen LogP contribution is -3.13. The van der Waals surface area contributed by atoms with Crippen molar-refractivity contribution in [2.24, 2.45) is 0 Å². The SMILES string of the molecule is CCc1ccc2c(C[NH2+]C[C@H](c3ccccc3)[NH+]3CCCC3)cc(=O)oc2c1. The molecule has 0 bridgehead atoms. The smallest absolute Gasteiger partial charge is 0.336 e. The Morgan fingerprint density at radius 2 is 1.86 bits per heavy atom. The van der Waals surface area contributed by atoms with Crippen LogP contribution in [0.4, 0.5) is 0 Å². The maximum Gasteiger partial charge on any atom is 0.336 e. The van der Waals surface area contributed by atoms with Crippen LogP contribution >= 0.6 is 0 Å². The lowest BCUT2D eigenvalue weighted by atomic mass is 10.0. The van der Waals surface area contributed by atoms with E-state index >= 15 is 0 Å². The minimum absolute atomic E-state index is 0.256. The van der Waals surface area contributed by atoms with Crippen LogP contribution in [0.2, 0.25) is 0 Å². The first-order chi connectivity index (χ1) is 13.7. The average Bonchev–Trinajstić information content (AvgIpc) is 3.25. The summed E-state index contributed by atoms with van der Waals surface area (Å²) in [6, 6.07) is 19.3. The van der Waals surface area contributed by atoms with Crippen molar-refractivity contribution in [2.45, 2.75) is 38.8 Å². The first-order valence-electron chi connectivity index (χ1n) is 10.5. The van der Waals surface area contributed by atoms with Gasteiger partial charge in [0.05, 0.1) is 13.1 Å². The third-order valence-corrected chi connectivity index (χ3v) is 6.01. The van der Waals surface area contributed by atoms with Gasteiger partial charge in [-0.2, -0.15) is 0 Å². The van der Waals surface area contributed by atoms with E-state index in [4.69, 9.17) is 4.42 Å². The molecule has 146 valence electrons. The van der Waals surface area contributed by atoms with Gasteiger partial charge in [-0.1, -0.05) is 49.4 Å². The molecule has 0 spiro atoms. The van der Waals surface area contributed by atoms with Crippen LogP contribution in [0.3, 0.4) is 0 Å². The van der Waals surface area contributed by atoms with Crippen molar-refractivity contribution >= 4 is 11.0 Å². The summed E-state index contributed by atoms with van der Waals surface area (Å²) in [5, 5.41) is 3.41. The van der Waals surface area contributed by atoms with Crippen molar-refractivity contribution in [1.82, 2.24) is 0 Å². The molecule has 4 nitrogen and oxygen atoms in total. The molecule has 0 amide bonds. The summed E-state index contributed by atoms with van der Waals surface area (Å²) in [6.45, 7) is 6.44. The van der Waals surface area contributed by atoms with E-state index in [-0.39, 0.29) is 5.63 Å². The van der Waals surface area contributed by atoms with Gasteiger partial charge in [0.1, 0.15) is 18.7 Å². The van der Waals surface area contributed by atoms with Crippen molar-refractivity contribution < 1.29 is 14.6 Å². The molecule has 2 heterocycles. The van der Waals surface area contributed by atoms with Gasteiger partial charge in [0.2, 0.25) is 0 Å². The molecular formula is C24H30N2O2+2. The van der Waals surface area contributed by atoms with Crippen LogP contribution in [0.5, 0.6) is 0 Å². The Kier molecular flexibility index (Phi) is 5.89. The highest BCUT2D eigenvalue weighted by molar-refractivity contribution is 5.80. The van der Waals surface area contributed by atoms with E-state index in [1.165, 1.54) is 37.1 Å². The number of benzene rings is 2. The van der Waals surface area contributed by atoms with Crippen LogP contribution in [0, 0.1) is 0 Å². The Bertz CT molecular complexity index is 975. The second kappa shape index (κ2) is 8.72. The van der Waals surface area contributed by atoms with E-state index in [2.05, 4.69) is 54.7 Å². The summed E-state index contributed by atoms with van der Waals surface area (Å²) in [7, 11) is 0. The Labute approximate surface area is 166 Å². The maximum absolute atomic E-state index is 12.0. The molecule has 0 saturated carbocycles. The monoisotopic (exact) mass is 378 g/mol. The van der Waals surface area contributed by atoms with Gasteiger partial charge in [0.25, 0.3) is 0 Å². The molecule has 28 heavy (non-hydrogen) atoms. The van der Waals surface area contributed by atoms with Crippen LogP contribution < -0.4 is 15.8 Å². The van der Waals surface area contributed by atoms with Crippen molar-refractivity contribution in [3.63, 3.8) is 0 Å². The fourth-order valence-electron chi connectivity index (χ4n) is 4.47. The van der Waals surface area contributed by atoms with Gasteiger partial charge in [-0.15, -0.1) is 0 Å². The second-order valence-corrected chi connectivity index (χ2v) is 7.83. The highest BCUT2D eigenvalue weighted by Gasteiger charge is 2.28. The number of nitrogens with one attached hydrogen (secondary N) is 1. The number of rotatable bonds is 7. The Hall–Kier alpha value is -2.43. The second-order valence-electron chi connectivity index (χ2n) is 7.83. The van der Waals surface area contributed by atoms with Gasteiger partial charge >= 0.3 is 5.63 Å². The van der Waals surface area contributed by atoms with Crippen LogP contribution in [0.25, 0.3) is 11.0 Å². The third kappa shape index (κ3) is 4.18. The zero-order valence-electron chi connectivity index (χ0n) is 16.6. The van der Waals surface area contributed by atoms with Gasteiger partial charge in [0.15, 0.2) is 6.04 Å². The Morgan fingerprint density at radius 3 is 2.61 bits per heavy atom. The number of hydrogen-bond donors (Lipinski definition) is 2. The topological polar surface area (TPSA) is 51.3 Å². The molecule has 1 atom stereocenters. The van der Waals surface area contributed by atoms with Gasteiger partial charge in [-0.25, -0.2) is 4.79 Å². The van der Waals surface area contributed by atoms with Crippen molar-refractivity contribution in [2.75, 3.05) is 19.6 Å². The highest BCUT2D eigenvalue weighted by Crippen LogP contribution is 2.18. The first kappa shape index (κ1) is 18.9. The lowest BCUT2D eigenvalue weighted by Gasteiger charge is -2.23. The van der Waals surface area contributed by atoms with E-state index in [0.717, 1.165) is 30.5 Å². The van der Waals surface area contributed by atoms with Gasteiger partial charge in [0, 0.05) is 35.4 Å². The average molecular weight is 379 g/mol. The van der Waals surface area contributed by atoms with Gasteiger partial charge in [-0.3, -0.25) is 0 Å². The molecule has 4 rings (SSSR count). The molecule has 1 fully saturated rings. The number of nitrogens with two attached hydrogens (primary N) is 1. The minimum Gasteiger partial charge on any atom is -0.423 e. The fraction of sp³-hybridized carbons (Fsp3) is 0.375. The van der Waals surface area contributed by atoms with Crippen LogP contribution in [0.1, 0.15) is 42.5 Å². The normalized spacial score (nSPS) is 15.9. The van der Waals surface area contributed by atoms with E-state index in [1.54, 1.807) is 11.0 Å².